The Balaban J connectivity index is 1.56. The number of rotatable bonds is 7. The number of hydrogen-bond donors (Lipinski definition) is 1. The van der Waals surface area contributed by atoms with Crippen LogP contribution in [0.4, 0.5) is 10.5 Å². The molecule has 2 saturated heterocycles. The second kappa shape index (κ2) is 9.24. The number of urea groups is 1. The third-order valence-corrected chi connectivity index (χ3v) is 6.57. The molecule has 0 spiro atoms. The summed E-state index contributed by atoms with van der Waals surface area (Å²) in [6.45, 7) is 1.49. The highest BCUT2D eigenvalue weighted by molar-refractivity contribution is 6.09. The Kier molecular flexibility index (Phi) is 6.33. The number of imide groups is 1. The second-order valence-corrected chi connectivity index (χ2v) is 8.61. The van der Waals surface area contributed by atoms with Crippen molar-refractivity contribution >= 4 is 23.5 Å². The van der Waals surface area contributed by atoms with Crippen molar-refractivity contribution < 1.29 is 28.8 Å². The molecule has 0 saturated carbocycles. The zero-order valence-corrected chi connectivity index (χ0v) is 19.6. The predicted molar refractivity (Wildman–Crippen MR) is 124 cm³/mol. The third-order valence-electron chi connectivity index (χ3n) is 6.57. The number of nitro benzene ring substituents is 1. The lowest BCUT2D eigenvalue weighted by Gasteiger charge is -2.28. The lowest BCUT2D eigenvalue weighted by Crippen LogP contribution is -2.44. The lowest BCUT2D eigenvalue weighted by atomic mass is 9.91. The first-order chi connectivity index (χ1) is 16.7. The molecule has 2 aromatic carbocycles. The summed E-state index contributed by atoms with van der Waals surface area (Å²) >= 11 is 0. The molecule has 2 atom stereocenters. The van der Waals surface area contributed by atoms with Crippen LogP contribution in [0, 0.1) is 10.1 Å². The van der Waals surface area contributed by atoms with Gasteiger partial charge in [-0.3, -0.25) is 24.6 Å². The van der Waals surface area contributed by atoms with Crippen molar-refractivity contribution in [3.8, 4) is 11.5 Å². The maximum atomic E-state index is 13.3. The van der Waals surface area contributed by atoms with Gasteiger partial charge in [-0.05, 0) is 43.5 Å². The minimum atomic E-state index is -1.52. The molecule has 0 aliphatic carbocycles. The van der Waals surface area contributed by atoms with E-state index in [-0.39, 0.29) is 23.2 Å². The first kappa shape index (κ1) is 24.0. The van der Waals surface area contributed by atoms with Gasteiger partial charge < -0.3 is 19.7 Å². The summed E-state index contributed by atoms with van der Waals surface area (Å²) in [7, 11) is 3.10. The number of likely N-dealkylation sites (tertiary alicyclic amines) is 1. The summed E-state index contributed by atoms with van der Waals surface area (Å²) < 4.78 is 10.8. The number of nitro groups is 1. The first-order valence-electron chi connectivity index (χ1n) is 11.1. The van der Waals surface area contributed by atoms with Crippen LogP contribution >= 0.6 is 0 Å². The fourth-order valence-corrected chi connectivity index (χ4v) is 4.68. The van der Waals surface area contributed by atoms with Gasteiger partial charge in [0.25, 0.3) is 11.6 Å². The average molecular weight is 482 g/mol. The summed E-state index contributed by atoms with van der Waals surface area (Å²) in [6.07, 6.45) is 1.45. The van der Waals surface area contributed by atoms with Gasteiger partial charge in [-0.25, -0.2) is 4.79 Å². The standard InChI is InChI=1S/C24H26N4O7/c1-24(15-6-4-7-16(12-15)28(32)33)22(30)27(23(31)25-24)14-21(29)26-11-5-8-19(26)18-13-17(34-2)9-10-20(18)35-3/h4,6-7,9-10,12-13,19H,5,8,11,14H2,1-3H3,(H,25,31). The highest BCUT2D eigenvalue weighted by atomic mass is 16.6. The SMILES string of the molecule is COc1ccc(OC)c(C2CCCN2C(=O)CN2C(=O)NC(C)(c3cccc([N+](=O)[O-])c3)C2=O)c1. The molecule has 11 nitrogen and oxygen atoms in total. The molecule has 4 amide bonds. The molecule has 4 rings (SSSR count). The highest BCUT2D eigenvalue weighted by Crippen LogP contribution is 2.39. The molecule has 2 aromatic rings. The predicted octanol–water partition coefficient (Wildman–Crippen LogP) is 2.74. The van der Waals surface area contributed by atoms with Crippen LogP contribution in [-0.4, -0.2) is 59.9 Å². The number of hydrogen-bond acceptors (Lipinski definition) is 7. The molecule has 2 fully saturated rings. The molecular weight excluding hydrogens is 456 g/mol. The number of nitrogens with one attached hydrogen (secondary N) is 1. The van der Waals surface area contributed by atoms with Crippen LogP contribution in [0.3, 0.4) is 0 Å². The van der Waals surface area contributed by atoms with E-state index in [0.29, 0.717) is 24.5 Å². The molecule has 184 valence electrons. The minimum absolute atomic E-state index is 0.201. The van der Waals surface area contributed by atoms with Crippen molar-refractivity contribution in [1.82, 2.24) is 15.1 Å². The maximum absolute atomic E-state index is 13.3. The molecule has 2 unspecified atom stereocenters. The molecule has 2 heterocycles. The fraction of sp³-hybridized carbons (Fsp3) is 0.375. The highest BCUT2D eigenvalue weighted by Gasteiger charge is 2.50. The Labute approximate surface area is 201 Å². The van der Waals surface area contributed by atoms with Gasteiger partial charge in [-0.2, -0.15) is 0 Å². The number of amides is 4. The van der Waals surface area contributed by atoms with Gasteiger partial charge in [0.2, 0.25) is 5.91 Å². The van der Waals surface area contributed by atoms with Gasteiger partial charge in [0.15, 0.2) is 0 Å². The molecule has 2 aliphatic rings. The average Bonchev–Trinajstić information content (AvgIpc) is 3.43. The summed E-state index contributed by atoms with van der Waals surface area (Å²) in [5, 5.41) is 13.8. The Morgan fingerprint density at radius 2 is 1.97 bits per heavy atom. The molecule has 0 bridgehead atoms. The van der Waals surface area contributed by atoms with Crippen LogP contribution in [0.1, 0.15) is 36.9 Å². The van der Waals surface area contributed by atoms with E-state index in [0.717, 1.165) is 16.9 Å². The Bertz CT molecular complexity index is 1200. The molecule has 1 N–H and O–H groups in total. The quantitative estimate of drug-likeness (QED) is 0.365. The molecule has 0 radical (unpaired) electrons. The first-order valence-corrected chi connectivity index (χ1v) is 11.1. The third kappa shape index (κ3) is 4.25. The Morgan fingerprint density at radius 1 is 1.20 bits per heavy atom. The fourth-order valence-electron chi connectivity index (χ4n) is 4.68. The summed E-state index contributed by atoms with van der Waals surface area (Å²) in [6, 6.07) is 9.86. The summed E-state index contributed by atoms with van der Waals surface area (Å²) in [4.78, 5) is 52.4. The van der Waals surface area contributed by atoms with Crippen LogP contribution in [0.2, 0.25) is 0 Å². The summed E-state index contributed by atoms with van der Waals surface area (Å²) in [5.74, 6) is 0.209. The molecular formula is C24H26N4O7. The molecule has 2 aliphatic heterocycles. The van der Waals surface area contributed by atoms with Crippen molar-refractivity contribution in [3.05, 3.63) is 63.7 Å². The zero-order chi connectivity index (χ0) is 25.3. The topological polar surface area (TPSA) is 131 Å². The number of nitrogens with zero attached hydrogens (tertiary/aromatic N) is 3. The van der Waals surface area contributed by atoms with Crippen LogP contribution in [0.5, 0.6) is 11.5 Å². The molecule has 35 heavy (non-hydrogen) atoms. The van der Waals surface area contributed by atoms with Crippen molar-refractivity contribution in [2.24, 2.45) is 0 Å². The van der Waals surface area contributed by atoms with E-state index in [4.69, 9.17) is 9.47 Å². The van der Waals surface area contributed by atoms with Gasteiger partial charge in [0, 0.05) is 24.2 Å². The smallest absolute Gasteiger partial charge is 0.325 e. The van der Waals surface area contributed by atoms with Gasteiger partial charge >= 0.3 is 6.03 Å². The monoisotopic (exact) mass is 482 g/mol. The van der Waals surface area contributed by atoms with Crippen molar-refractivity contribution in [2.45, 2.75) is 31.3 Å². The van der Waals surface area contributed by atoms with Crippen LogP contribution in [0.25, 0.3) is 0 Å². The molecule has 11 heteroatoms. The normalized spacial score (nSPS) is 21.7. The number of non-ortho nitro benzene ring substituents is 1. The van der Waals surface area contributed by atoms with E-state index in [1.807, 2.05) is 6.07 Å². The number of carbonyl (C=O) groups excluding carboxylic acids is 3. The number of benzene rings is 2. The Hall–Kier alpha value is -4.15. The van der Waals surface area contributed by atoms with Crippen LogP contribution < -0.4 is 14.8 Å². The van der Waals surface area contributed by atoms with Crippen LogP contribution in [-0.2, 0) is 15.1 Å². The minimum Gasteiger partial charge on any atom is -0.497 e. The number of ether oxygens (including phenoxy) is 2. The number of carbonyl (C=O) groups is 3. The van der Waals surface area contributed by atoms with E-state index < -0.39 is 28.9 Å². The maximum Gasteiger partial charge on any atom is 0.325 e. The Morgan fingerprint density at radius 3 is 2.66 bits per heavy atom. The largest absolute Gasteiger partial charge is 0.497 e. The van der Waals surface area contributed by atoms with E-state index in [9.17, 15) is 24.5 Å². The van der Waals surface area contributed by atoms with Crippen LogP contribution in [0.15, 0.2) is 42.5 Å². The zero-order valence-electron chi connectivity index (χ0n) is 19.6. The van der Waals surface area contributed by atoms with E-state index in [1.165, 1.54) is 31.2 Å². The van der Waals surface area contributed by atoms with E-state index >= 15 is 0 Å². The van der Waals surface area contributed by atoms with Gasteiger partial charge in [0.1, 0.15) is 23.6 Å². The van der Waals surface area contributed by atoms with Crippen molar-refractivity contribution in [3.63, 3.8) is 0 Å². The van der Waals surface area contributed by atoms with Crippen molar-refractivity contribution in [2.75, 3.05) is 27.3 Å². The van der Waals surface area contributed by atoms with Gasteiger partial charge in [-0.1, -0.05) is 12.1 Å². The summed E-state index contributed by atoms with van der Waals surface area (Å²) in [5.41, 5.74) is -0.673. The van der Waals surface area contributed by atoms with E-state index in [2.05, 4.69) is 5.32 Å². The van der Waals surface area contributed by atoms with Gasteiger partial charge in [-0.15, -0.1) is 0 Å². The van der Waals surface area contributed by atoms with Gasteiger partial charge in [0.05, 0.1) is 25.2 Å². The number of methoxy groups -OCH3 is 2. The lowest BCUT2D eigenvalue weighted by molar-refractivity contribution is -0.385. The van der Waals surface area contributed by atoms with E-state index in [1.54, 1.807) is 31.3 Å². The van der Waals surface area contributed by atoms with Crippen molar-refractivity contribution in [1.29, 1.82) is 0 Å². The second-order valence-electron chi connectivity index (χ2n) is 8.61. The molecule has 0 aromatic heterocycles.